The molecular formula is C19H15BrN2O3. The van der Waals surface area contributed by atoms with E-state index in [0.29, 0.717) is 29.1 Å². The second kappa shape index (κ2) is 7.81. The Kier molecular flexibility index (Phi) is 5.30. The van der Waals surface area contributed by atoms with Crippen LogP contribution in [0.5, 0.6) is 0 Å². The van der Waals surface area contributed by atoms with E-state index in [1.807, 2.05) is 18.2 Å². The number of hydrogen-bond donors (Lipinski definition) is 2. The van der Waals surface area contributed by atoms with Crippen molar-refractivity contribution in [1.82, 2.24) is 5.32 Å². The molecule has 25 heavy (non-hydrogen) atoms. The highest BCUT2D eigenvalue weighted by atomic mass is 79.9. The molecule has 0 unspecified atom stereocenters. The predicted molar refractivity (Wildman–Crippen MR) is 98.4 cm³/mol. The van der Waals surface area contributed by atoms with Crippen LogP contribution in [0.1, 0.15) is 26.5 Å². The quantitative estimate of drug-likeness (QED) is 0.675. The molecule has 6 heteroatoms. The first-order valence-electron chi connectivity index (χ1n) is 7.60. The van der Waals surface area contributed by atoms with Crippen molar-refractivity contribution in [2.24, 2.45) is 0 Å². The molecule has 0 saturated carbocycles. The van der Waals surface area contributed by atoms with Crippen molar-refractivity contribution in [3.63, 3.8) is 0 Å². The maximum atomic E-state index is 12.3. The minimum atomic E-state index is -0.241. The number of nitrogens with one attached hydrogen (secondary N) is 2. The van der Waals surface area contributed by atoms with Gasteiger partial charge in [0.1, 0.15) is 5.76 Å². The zero-order chi connectivity index (χ0) is 17.6. The van der Waals surface area contributed by atoms with Gasteiger partial charge in [-0.15, -0.1) is 0 Å². The molecule has 0 fully saturated rings. The average Bonchev–Trinajstić information content (AvgIpc) is 3.15. The number of carbonyl (C=O) groups excluding carboxylic acids is 2. The minimum Gasteiger partial charge on any atom is -0.467 e. The third-order valence-electron chi connectivity index (χ3n) is 3.53. The molecule has 3 aromatic rings. The van der Waals surface area contributed by atoms with Crippen LogP contribution in [0.15, 0.2) is 75.8 Å². The lowest BCUT2D eigenvalue weighted by atomic mass is 10.1. The Morgan fingerprint density at radius 1 is 0.880 bits per heavy atom. The van der Waals surface area contributed by atoms with Crippen LogP contribution in [0, 0.1) is 0 Å². The van der Waals surface area contributed by atoms with Crippen LogP contribution in [0.2, 0.25) is 0 Å². The zero-order valence-electron chi connectivity index (χ0n) is 13.2. The maximum Gasteiger partial charge on any atom is 0.255 e. The van der Waals surface area contributed by atoms with Gasteiger partial charge >= 0.3 is 0 Å². The second-order valence-electron chi connectivity index (χ2n) is 5.27. The smallest absolute Gasteiger partial charge is 0.255 e. The Bertz CT molecular complexity index is 874. The van der Waals surface area contributed by atoms with Crippen molar-refractivity contribution >= 4 is 33.4 Å². The lowest BCUT2D eigenvalue weighted by Gasteiger charge is -2.08. The summed E-state index contributed by atoms with van der Waals surface area (Å²) in [4.78, 5) is 24.4. The Labute approximate surface area is 153 Å². The lowest BCUT2D eigenvalue weighted by molar-refractivity contribution is 0.0946. The molecule has 0 bridgehead atoms. The number of carbonyl (C=O) groups is 2. The number of para-hydroxylation sites is 1. The van der Waals surface area contributed by atoms with E-state index in [1.165, 1.54) is 0 Å². The van der Waals surface area contributed by atoms with Gasteiger partial charge in [0.2, 0.25) is 0 Å². The summed E-state index contributed by atoms with van der Waals surface area (Å²) in [6.07, 6.45) is 1.56. The van der Waals surface area contributed by atoms with Crippen LogP contribution in [0.4, 0.5) is 5.69 Å². The van der Waals surface area contributed by atoms with E-state index in [4.69, 9.17) is 4.42 Å². The van der Waals surface area contributed by atoms with Gasteiger partial charge < -0.3 is 15.1 Å². The molecule has 126 valence electrons. The molecule has 2 N–H and O–H groups in total. The van der Waals surface area contributed by atoms with Gasteiger partial charge in [-0.2, -0.15) is 0 Å². The molecule has 0 radical (unpaired) electrons. The Morgan fingerprint density at radius 2 is 1.56 bits per heavy atom. The van der Waals surface area contributed by atoms with E-state index in [9.17, 15) is 9.59 Å². The van der Waals surface area contributed by atoms with Crippen molar-refractivity contribution in [2.45, 2.75) is 6.54 Å². The van der Waals surface area contributed by atoms with Crippen molar-refractivity contribution < 1.29 is 14.0 Å². The van der Waals surface area contributed by atoms with E-state index in [1.54, 1.807) is 48.7 Å². The Morgan fingerprint density at radius 3 is 2.20 bits per heavy atom. The first kappa shape index (κ1) is 17.0. The molecule has 2 amide bonds. The number of hydrogen-bond acceptors (Lipinski definition) is 3. The van der Waals surface area contributed by atoms with Crippen molar-refractivity contribution in [3.8, 4) is 0 Å². The number of amides is 2. The van der Waals surface area contributed by atoms with Crippen molar-refractivity contribution in [3.05, 3.63) is 88.3 Å². The molecule has 0 aliphatic rings. The topological polar surface area (TPSA) is 71.3 Å². The third kappa shape index (κ3) is 4.36. The maximum absolute atomic E-state index is 12.3. The molecular weight excluding hydrogens is 384 g/mol. The van der Waals surface area contributed by atoms with Crippen LogP contribution in [0.25, 0.3) is 0 Å². The van der Waals surface area contributed by atoms with Gasteiger partial charge in [0.05, 0.1) is 18.5 Å². The fourth-order valence-electron chi connectivity index (χ4n) is 2.21. The molecule has 3 rings (SSSR count). The average molecular weight is 399 g/mol. The van der Waals surface area contributed by atoms with Gasteiger partial charge in [-0.25, -0.2) is 0 Å². The van der Waals surface area contributed by atoms with Crippen LogP contribution in [0.3, 0.4) is 0 Å². The van der Waals surface area contributed by atoms with Crippen LogP contribution in [-0.4, -0.2) is 11.8 Å². The van der Waals surface area contributed by atoms with E-state index in [-0.39, 0.29) is 11.8 Å². The molecule has 0 atom stereocenters. The van der Waals surface area contributed by atoms with Crippen LogP contribution in [-0.2, 0) is 6.54 Å². The lowest BCUT2D eigenvalue weighted by Crippen LogP contribution is -2.22. The highest BCUT2D eigenvalue weighted by Crippen LogP contribution is 2.21. The Hall–Kier alpha value is -2.86. The first-order valence-corrected chi connectivity index (χ1v) is 8.39. The fraction of sp³-hybridized carbons (Fsp3) is 0.0526. The summed E-state index contributed by atoms with van der Waals surface area (Å²) in [6, 6.07) is 17.4. The molecule has 0 aliphatic heterocycles. The number of rotatable bonds is 5. The van der Waals surface area contributed by atoms with Crippen molar-refractivity contribution in [1.29, 1.82) is 0 Å². The van der Waals surface area contributed by atoms with Crippen molar-refractivity contribution in [2.75, 3.05) is 5.32 Å². The Balaban J connectivity index is 1.62. The van der Waals surface area contributed by atoms with Gasteiger partial charge in [0.25, 0.3) is 11.8 Å². The fourth-order valence-corrected chi connectivity index (χ4v) is 2.60. The van der Waals surface area contributed by atoms with Gasteiger partial charge in [-0.1, -0.05) is 12.1 Å². The largest absolute Gasteiger partial charge is 0.467 e. The number of anilines is 1. The highest BCUT2D eigenvalue weighted by Gasteiger charge is 2.10. The van der Waals surface area contributed by atoms with Gasteiger partial charge in [-0.3, -0.25) is 9.59 Å². The molecule has 1 heterocycles. The highest BCUT2D eigenvalue weighted by molar-refractivity contribution is 9.10. The summed E-state index contributed by atoms with van der Waals surface area (Å²) in [5, 5.41) is 5.58. The van der Waals surface area contributed by atoms with Gasteiger partial charge in [0, 0.05) is 15.6 Å². The zero-order valence-corrected chi connectivity index (χ0v) is 14.7. The number of furan rings is 1. The first-order chi connectivity index (χ1) is 12.1. The summed E-state index contributed by atoms with van der Waals surface area (Å²) in [5.41, 5.74) is 1.63. The standard InChI is InChI=1S/C19H15BrN2O3/c20-16-5-1-2-6-17(16)22-19(24)14-9-7-13(8-10-14)18(23)21-12-15-4-3-11-25-15/h1-11H,12H2,(H,21,23)(H,22,24). The van der Waals surface area contributed by atoms with Crippen LogP contribution < -0.4 is 10.6 Å². The normalized spacial score (nSPS) is 10.3. The van der Waals surface area contributed by atoms with E-state index in [2.05, 4.69) is 26.6 Å². The molecule has 2 aromatic carbocycles. The van der Waals surface area contributed by atoms with Crippen LogP contribution >= 0.6 is 15.9 Å². The SMILES string of the molecule is O=C(NCc1ccco1)c1ccc(C(=O)Nc2ccccc2Br)cc1. The van der Waals surface area contributed by atoms with Gasteiger partial charge in [-0.05, 0) is 64.5 Å². The second-order valence-corrected chi connectivity index (χ2v) is 6.13. The number of benzene rings is 2. The molecule has 0 aliphatic carbocycles. The summed E-state index contributed by atoms with van der Waals surface area (Å²) >= 11 is 3.39. The third-order valence-corrected chi connectivity index (χ3v) is 4.23. The van der Waals surface area contributed by atoms with E-state index in [0.717, 1.165) is 4.47 Å². The molecule has 0 saturated heterocycles. The summed E-state index contributed by atoms with van der Waals surface area (Å²) in [5.74, 6) is 0.210. The van der Waals surface area contributed by atoms with E-state index >= 15 is 0 Å². The minimum absolute atomic E-state index is 0.228. The van der Waals surface area contributed by atoms with E-state index < -0.39 is 0 Å². The van der Waals surface area contributed by atoms with Gasteiger partial charge in [0.15, 0.2) is 0 Å². The predicted octanol–water partition coefficient (Wildman–Crippen LogP) is 4.22. The molecule has 1 aromatic heterocycles. The molecule has 0 spiro atoms. The summed E-state index contributed by atoms with van der Waals surface area (Å²) in [7, 11) is 0. The summed E-state index contributed by atoms with van der Waals surface area (Å²) in [6.45, 7) is 0.316. The summed E-state index contributed by atoms with van der Waals surface area (Å²) < 4.78 is 5.97. The monoisotopic (exact) mass is 398 g/mol. The number of halogens is 1. The molecule has 5 nitrogen and oxygen atoms in total.